The highest BCUT2D eigenvalue weighted by molar-refractivity contribution is 7.89. The number of aliphatic hydroxyl groups excluding tert-OH is 3. The van der Waals surface area contributed by atoms with E-state index in [1.807, 2.05) is 88.4 Å². The van der Waals surface area contributed by atoms with E-state index in [-0.39, 0.29) is 79.1 Å². The number of aliphatic hydroxyl groups is 3. The molecule has 0 aromatic heterocycles. The standard InChI is InChI=1S/C30H41NO8S.C28H39NO8S/c1-21(2)15-31(40(34,35)26-11-9-25(36-3)10-12-26)16-28(32)23(13-22-7-5-4-6-8-22)14-30(33)39-29-20-38-18-24-17-37-19-27(24)29;1-20(2)17-29(38(33,34)24-11-9-23(35-3)10-12-24)18-26(31)22(15-21-7-5-4-6-8-21)16-28(32)37-27-19-36-14-13-25(27)30/h4-12,21,23-24,27-29,32H,13-20H2,1-3H3;4-12,20,22,25-27,30-31H,13-19H2,1-3H3/t23-,24?,27?,28-,29?;22-,25?,26-,27?/m11/s1. The van der Waals surface area contributed by atoms with Gasteiger partial charge in [0.1, 0.15) is 17.6 Å². The first kappa shape index (κ1) is 62.2. The van der Waals surface area contributed by atoms with Gasteiger partial charge in [-0.2, -0.15) is 8.61 Å². The number of fused-ring (bicyclic) bond motifs is 1. The summed E-state index contributed by atoms with van der Waals surface area (Å²) in [6.07, 6.45) is -3.30. The topological polar surface area (TPSA) is 234 Å². The van der Waals surface area contributed by atoms with Gasteiger partial charge in [-0.1, -0.05) is 88.4 Å². The Morgan fingerprint density at radius 3 is 1.38 bits per heavy atom. The zero-order chi connectivity index (χ0) is 56.4. The Bertz CT molecular complexity index is 2660. The van der Waals surface area contributed by atoms with Crippen molar-refractivity contribution in [3.8, 4) is 11.5 Å². The number of hydrogen-bond acceptors (Lipinski definition) is 16. The van der Waals surface area contributed by atoms with Gasteiger partial charge >= 0.3 is 11.9 Å². The number of hydrogen-bond donors (Lipinski definition) is 3. The summed E-state index contributed by atoms with van der Waals surface area (Å²) in [6.45, 7) is 10.3. The van der Waals surface area contributed by atoms with Gasteiger partial charge in [0.25, 0.3) is 0 Å². The minimum absolute atomic E-state index is 0.000510. The second-order valence-corrected chi connectivity index (χ2v) is 25.1. The van der Waals surface area contributed by atoms with Crippen molar-refractivity contribution < 1.29 is 74.9 Å². The molecule has 0 aliphatic carbocycles. The molecule has 3 fully saturated rings. The Morgan fingerprint density at radius 2 is 0.974 bits per heavy atom. The van der Waals surface area contributed by atoms with Gasteiger partial charge in [-0.15, -0.1) is 0 Å². The summed E-state index contributed by atoms with van der Waals surface area (Å²) in [7, 11) is -4.82. The van der Waals surface area contributed by atoms with Crippen molar-refractivity contribution in [2.24, 2.45) is 35.5 Å². The molecular formula is C58H80N2O16S2. The van der Waals surface area contributed by atoms with E-state index in [2.05, 4.69) is 0 Å². The average Bonchev–Trinajstić information content (AvgIpc) is 3.93. The van der Waals surface area contributed by atoms with Crippen molar-refractivity contribution in [1.29, 1.82) is 0 Å². The third kappa shape index (κ3) is 18.3. The summed E-state index contributed by atoms with van der Waals surface area (Å²) in [5.41, 5.74) is 1.84. The van der Waals surface area contributed by atoms with Crippen molar-refractivity contribution in [3.05, 3.63) is 120 Å². The van der Waals surface area contributed by atoms with Crippen LogP contribution in [0.1, 0.15) is 58.1 Å². The maximum atomic E-state index is 13.6. The van der Waals surface area contributed by atoms with Crippen LogP contribution in [0.4, 0.5) is 0 Å². The minimum atomic E-state index is -3.93. The van der Waals surface area contributed by atoms with Gasteiger partial charge in [0, 0.05) is 62.9 Å². The van der Waals surface area contributed by atoms with Crippen LogP contribution < -0.4 is 9.47 Å². The summed E-state index contributed by atoms with van der Waals surface area (Å²) < 4.78 is 95.1. The molecule has 0 amide bonds. The van der Waals surface area contributed by atoms with E-state index < -0.39 is 74.3 Å². The zero-order valence-corrected chi connectivity index (χ0v) is 47.3. The molecule has 20 heteroatoms. The molecule has 18 nitrogen and oxygen atoms in total. The summed E-state index contributed by atoms with van der Waals surface area (Å²) in [4.78, 5) is 26.2. The number of sulfonamides is 2. The third-order valence-corrected chi connectivity index (χ3v) is 17.8. The SMILES string of the molecule is COc1ccc(S(=O)(=O)N(CC(C)C)C[C@@H](O)[C@@H](CC(=O)OC2COCC3COCC32)Cc2ccccc2)cc1.COc1ccc(S(=O)(=O)N(CC(C)C)C[C@@H](O)[C@@H](CC(=O)OC2COCCC2O)Cc2ccccc2)cc1. The number of rotatable bonds is 26. The molecule has 3 aliphatic rings. The van der Waals surface area contributed by atoms with Gasteiger partial charge in [0.2, 0.25) is 20.0 Å². The lowest BCUT2D eigenvalue weighted by atomic mass is 9.89. The molecule has 430 valence electrons. The Morgan fingerprint density at radius 1 is 0.564 bits per heavy atom. The van der Waals surface area contributed by atoms with Crippen molar-refractivity contribution >= 4 is 32.0 Å². The first-order valence-corrected chi connectivity index (χ1v) is 29.7. The normalized spacial score (nSPS) is 21.2. The Hall–Kier alpha value is -5.00. The number of ether oxygens (including phenoxy) is 7. The Kier molecular flexibility index (Phi) is 23.9. The van der Waals surface area contributed by atoms with Gasteiger partial charge in [-0.25, -0.2) is 16.8 Å². The van der Waals surface area contributed by atoms with Crippen LogP contribution in [0, 0.1) is 35.5 Å². The molecule has 0 radical (unpaired) electrons. The highest BCUT2D eigenvalue weighted by Crippen LogP contribution is 2.32. The van der Waals surface area contributed by atoms with E-state index in [0.717, 1.165) is 11.1 Å². The molecule has 0 bridgehead atoms. The fourth-order valence-electron chi connectivity index (χ4n) is 9.84. The molecule has 9 atom stereocenters. The molecule has 0 spiro atoms. The van der Waals surface area contributed by atoms with Crippen LogP contribution in [0.15, 0.2) is 119 Å². The molecule has 3 aliphatic heterocycles. The molecule has 4 aromatic rings. The van der Waals surface area contributed by atoms with Crippen molar-refractivity contribution in [3.63, 3.8) is 0 Å². The van der Waals surface area contributed by atoms with Crippen LogP contribution in [0.5, 0.6) is 11.5 Å². The van der Waals surface area contributed by atoms with E-state index in [9.17, 15) is 41.7 Å². The molecule has 3 N–H and O–H groups in total. The predicted octanol–water partition coefficient (Wildman–Crippen LogP) is 5.80. The summed E-state index contributed by atoms with van der Waals surface area (Å²) in [5, 5.41) is 33.0. The summed E-state index contributed by atoms with van der Waals surface area (Å²) >= 11 is 0. The first-order valence-electron chi connectivity index (χ1n) is 26.8. The lowest BCUT2D eigenvalue weighted by molar-refractivity contribution is -0.169. The quantitative estimate of drug-likeness (QED) is 0.0631. The largest absolute Gasteiger partial charge is 0.497 e. The fraction of sp³-hybridized carbons (Fsp3) is 0.552. The molecule has 0 saturated carbocycles. The first-order chi connectivity index (χ1) is 37.3. The molecule has 7 rings (SSSR count). The second kappa shape index (κ2) is 30.0. The summed E-state index contributed by atoms with van der Waals surface area (Å²) in [6, 6.07) is 31.3. The van der Waals surface area contributed by atoms with Crippen LogP contribution in [0.2, 0.25) is 0 Å². The molecular weight excluding hydrogens is 1040 g/mol. The predicted molar refractivity (Wildman–Crippen MR) is 292 cm³/mol. The second-order valence-electron chi connectivity index (χ2n) is 21.2. The number of carbonyl (C=O) groups is 2. The van der Waals surface area contributed by atoms with Crippen LogP contribution in [0.25, 0.3) is 0 Å². The zero-order valence-electron chi connectivity index (χ0n) is 45.7. The minimum Gasteiger partial charge on any atom is -0.497 e. The maximum Gasteiger partial charge on any atom is 0.306 e. The summed E-state index contributed by atoms with van der Waals surface area (Å²) in [5.74, 6) is -0.767. The van der Waals surface area contributed by atoms with Crippen LogP contribution in [-0.4, -0.2) is 163 Å². The van der Waals surface area contributed by atoms with Gasteiger partial charge in [0.05, 0.1) is 88.2 Å². The van der Waals surface area contributed by atoms with Crippen molar-refractivity contribution in [2.75, 3.05) is 80.0 Å². The lowest BCUT2D eigenvalue weighted by Gasteiger charge is -2.33. The van der Waals surface area contributed by atoms with Gasteiger partial charge < -0.3 is 48.5 Å². The van der Waals surface area contributed by atoms with E-state index in [0.29, 0.717) is 63.8 Å². The van der Waals surface area contributed by atoms with Crippen LogP contribution in [-0.2, 0) is 66.2 Å². The monoisotopic (exact) mass is 1120 g/mol. The van der Waals surface area contributed by atoms with E-state index in [1.165, 1.54) is 47.1 Å². The molecule has 4 aromatic carbocycles. The van der Waals surface area contributed by atoms with Crippen LogP contribution in [0.3, 0.4) is 0 Å². The molecule has 3 saturated heterocycles. The molecule has 3 heterocycles. The van der Waals surface area contributed by atoms with Gasteiger partial charge in [-0.3, -0.25) is 9.59 Å². The maximum absolute atomic E-state index is 13.6. The smallest absolute Gasteiger partial charge is 0.306 e. The van der Waals surface area contributed by atoms with E-state index >= 15 is 0 Å². The Balaban J connectivity index is 0.000000253. The number of carbonyl (C=O) groups excluding carboxylic acids is 2. The molecule has 5 unspecified atom stereocenters. The highest BCUT2D eigenvalue weighted by atomic mass is 32.2. The van der Waals surface area contributed by atoms with Crippen molar-refractivity contribution in [1.82, 2.24) is 8.61 Å². The van der Waals surface area contributed by atoms with Gasteiger partial charge in [-0.05, 0) is 84.3 Å². The number of methoxy groups -OCH3 is 2. The van der Waals surface area contributed by atoms with Gasteiger partial charge in [0.15, 0.2) is 6.10 Å². The number of nitrogens with zero attached hydrogens (tertiary/aromatic N) is 2. The Labute approximate surface area is 461 Å². The average molecular weight is 1130 g/mol. The third-order valence-electron chi connectivity index (χ3n) is 14.1. The molecule has 78 heavy (non-hydrogen) atoms. The van der Waals surface area contributed by atoms with E-state index in [4.69, 9.17) is 33.2 Å². The van der Waals surface area contributed by atoms with E-state index in [1.54, 1.807) is 24.3 Å². The van der Waals surface area contributed by atoms with Crippen molar-refractivity contribution in [2.45, 2.75) is 100 Å². The lowest BCUT2D eigenvalue weighted by Crippen LogP contribution is -2.44. The van der Waals surface area contributed by atoms with Crippen LogP contribution >= 0.6 is 0 Å². The highest BCUT2D eigenvalue weighted by Gasteiger charge is 2.41. The number of esters is 2. The number of benzene rings is 4. The fourth-order valence-corrected chi connectivity index (χ4v) is 13.1.